The molecule has 0 radical (unpaired) electrons. The van der Waals surface area contributed by atoms with E-state index in [2.05, 4.69) is 15.4 Å². The first-order valence-electron chi connectivity index (χ1n) is 10.8. The van der Waals surface area contributed by atoms with Crippen molar-refractivity contribution in [2.45, 2.75) is 37.8 Å². The van der Waals surface area contributed by atoms with Crippen LogP contribution < -0.4 is 14.9 Å². The molecule has 15 heteroatoms. The minimum atomic E-state index is -5.02. The van der Waals surface area contributed by atoms with Crippen LogP contribution in [0.25, 0.3) is 0 Å². The Morgan fingerprint density at radius 1 is 1.11 bits per heavy atom. The molecule has 2 aromatic carbocycles. The molecule has 198 valence electrons. The molecule has 1 unspecified atom stereocenters. The Hall–Kier alpha value is -3.55. The van der Waals surface area contributed by atoms with Gasteiger partial charge in [-0.15, -0.1) is 5.10 Å². The first-order valence-corrected chi connectivity index (χ1v) is 11.2. The Morgan fingerprint density at radius 3 is 2.30 bits per heavy atom. The maximum absolute atomic E-state index is 13.5. The second-order valence-corrected chi connectivity index (χ2v) is 8.84. The van der Waals surface area contributed by atoms with Crippen molar-refractivity contribution in [1.82, 2.24) is 20.2 Å². The van der Waals surface area contributed by atoms with Crippen LogP contribution in [0.3, 0.4) is 0 Å². The Labute approximate surface area is 211 Å². The second-order valence-electron chi connectivity index (χ2n) is 8.40. The summed E-state index contributed by atoms with van der Waals surface area (Å²) >= 11 is 6.09. The first kappa shape index (κ1) is 26.5. The molecule has 4 rings (SSSR count). The molecule has 1 amide bonds. The molecule has 3 aromatic rings. The average molecular weight is 548 g/mol. The maximum Gasteiger partial charge on any atom is 0.416 e. The summed E-state index contributed by atoms with van der Waals surface area (Å²) in [7, 11) is 1.44. The number of carbonyl (C=O) groups is 1. The Morgan fingerprint density at radius 2 is 1.76 bits per heavy atom. The fourth-order valence-corrected chi connectivity index (χ4v) is 4.45. The van der Waals surface area contributed by atoms with Gasteiger partial charge in [-0.25, -0.2) is 0 Å². The Kier molecular flexibility index (Phi) is 6.97. The summed E-state index contributed by atoms with van der Waals surface area (Å²) in [6, 6.07) is 5.01. The lowest BCUT2D eigenvalue weighted by Gasteiger charge is -2.32. The lowest BCUT2D eigenvalue weighted by atomic mass is 9.98. The molecule has 0 fully saturated rings. The highest BCUT2D eigenvalue weighted by molar-refractivity contribution is 6.31. The highest BCUT2D eigenvalue weighted by Gasteiger charge is 2.38. The second kappa shape index (κ2) is 9.72. The number of benzene rings is 2. The first-order chi connectivity index (χ1) is 17.2. The average Bonchev–Trinajstić information content (AvgIpc) is 3.13. The normalized spacial score (nSPS) is 16.3. The molecule has 1 aromatic heterocycles. The van der Waals surface area contributed by atoms with Crippen molar-refractivity contribution in [3.05, 3.63) is 63.7 Å². The number of aromatic nitrogens is 4. The number of tetrazole rings is 1. The molecule has 37 heavy (non-hydrogen) atoms. The molecule has 1 aliphatic rings. The number of nitrogens with zero attached hydrogens (tertiary/aromatic N) is 6. The highest BCUT2D eigenvalue weighted by atomic mass is 35.5. The molecule has 0 spiro atoms. The van der Waals surface area contributed by atoms with Crippen molar-refractivity contribution < 1.29 is 36.2 Å². The van der Waals surface area contributed by atoms with E-state index in [-0.39, 0.29) is 47.7 Å². The molecule has 2 heterocycles. The number of alkyl halides is 6. The summed E-state index contributed by atoms with van der Waals surface area (Å²) in [5.74, 6) is -0.0683. The van der Waals surface area contributed by atoms with Crippen LogP contribution in [0, 0.1) is 0 Å². The molecule has 0 aliphatic carbocycles. The van der Waals surface area contributed by atoms with Crippen LogP contribution in [0.1, 0.15) is 41.1 Å². The van der Waals surface area contributed by atoms with E-state index in [1.54, 1.807) is 6.07 Å². The molecule has 8 nitrogen and oxygen atoms in total. The minimum absolute atomic E-state index is 0.0374. The number of amides is 1. The number of carbonyl (C=O) groups excluding carboxylic acids is 1. The van der Waals surface area contributed by atoms with Crippen LogP contribution in [0.15, 0.2) is 36.4 Å². The zero-order valence-corrected chi connectivity index (χ0v) is 19.8. The summed E-state index contributed by atoms with van der Waals surface area (Å²) in [5.41, 5.74) is -2.63. The molecule has 0 N–H and O–H groups in total. The third-order valence-corrected chi connectivity index (χ3v) is 6.09. The minimum Gasteiger partial charge on any atom is -0.530 e. The standard InChI is InChI=1S/C22H19ClF6N6O2/c1-33-31-19(30-32-33)35(11-12-7-13(21(24,25)26)9-14(8-12)22(27,28)29)17-3-2-6-34(20(36)37)18-10-15(23)4-5-16(17)18/h4-5,7-10,17H,2-3,6,11H2,1H3,(H,36,37)/p-1. The number of rotatable bonds is 4. The van der Waals surface area contributed by atoms with E-state index in [9.17, 15) is 36.2 Å². The van der Waals surface area contributed by atoms with Crippen LogP contribution in [0.4, 0.5) is 42.8 Å². The van der Waals surface area contributed by atoms with Crippen LogP contribution in [-0.2, 0) is 25.9 Å². The van der Waals surface area contributed by atoms with Crippen LogP contribution in [-0.4, -0.2) is 32.8 Å². The molecular formula is C22H18ClF6N6O2-. The van der Waals surface area contributed by atoms with Crippen molar-refractivity contribution in [3.63, 3.8) is 0 Å². The van der Waals surface area contributed by atoms with Crippen molar-refractivity contribution in [3.8, 4) is 0 Å². The summed E-state index contributed by atoms with van der Waals surface area (Å²) in [6.45, 7) is -0.424. The van der Waals surface area contributed by atoms with Gasteiger partial charge in [0.1, 0.15) is 6.09 Å². The van der Waals surface area contributed by atoms with Crippen molar-refractivity contribution >= 4 is 29.3 Å². The van der Waals surface area contributed by atoms with E-state index >= 15 is 0 Å². The van der Waals surface area contributed by atoms with E-state index in [1.807, 2.05) is 0 Å². The number of hydrogen-bond donors (Lipinski definition) is 0. The number of hydrogen-bond acceptors (Lipinski definition) is 6. The van der Waals surface area contributed by atoms with Crippen molar-refractivity contribution in [1.29, 1.82) is 0 Å². The number of carboxylic acid groups (broad SMARTS) is 1. The van der Waals surface area contributed by atoms with Gasteiger partial charge >= 0.3 is 12.4 Å². The Bertz CT molecular complexity index is 1280. The quantitative estimate of drug-likeness (QED) is 0.444. The van der Waals surface area contributed by atoms with Gasteiger partial charge < -0.3 is 19.7 Å². The molecule has 0 saturated heterocycles. The molecule has 0 saturated carbocycles. The SMILES string of the molecule is Cn1nnc(N(Cc2cc(C(F)(F)F)cc(C(F)(F)F)c2)C2CCCN(C(=O)[O-])c3cc(Cl)ccc32)n1. The zero-order chi connectivity index (χ0) is 27.1. The van der Waals surface area contributed by atoms with Crippen molar-refractivity contribution in [2.75, 3.05) is 16.3 Å². The van der Waals surface area contributed by atoms with Gasteiger partial charge in [0.05, 0.1) is 24.2 Å². The third-order valence-electron chi connectivity index (χ3n) is 5.85. The smallest absolute Gasteiger partial charge is 0.416 e. The van der Waals surface area contributed by atoms with E-state index in [0.29, 0.717) is 17.7 Å². The summed E-state index contributed by atoms with van der Waals surface area (Å²) in [5, 5.41) is 23.8. The van der Waals surface area contributed by atoms with E-state index in [1.165, 1.54) is 24.1 Å². The van der Waals surface area contributed by atoms with Crippen LogP contribution in [0.5, 0.6) is 0 Å². The third kappa shape index (κ3) is 5.73. The fourth-order valence-electron chi connectivity index (χ4n) is 4.28. The summed E-state index contributed by atoms with van der Waals surface area (Å²) < 4.78 is 80.8. The van der Waals surface area contributed by atoms with Crippen LogP contribution in [0.2, 0.25) is 5.02 Å². The summed E-state index contributed by atoms with van der Waals surface area (Å²) in [4.78, 5) is 15.3. The van der Waals surface area contributed by atoms with Gasteiger partial charge in [0, 0.05) is 23.8 Å². The number of anilines is 2. The number of fused-ring (bicyclic) bond motifs is 1. The van der Waals surface area contributed by atoms with Gasteiger partial charge in [0.25, 0.3) is 5.95 Å². The number of aryl methyl sites for hydroxylation is 1. The maximum atomic E-state index is 13.5. The molecule has 1 aliphatic heterocycles. The highest BCUT2D eigenvalue weighted by Crippen LogP contribution is 2.41. The van der Waals surface area contributed by atoms with E-state index in [0.717, 1.165) is 9.70 Å². The molecular weight excluding hydrogens is 530 g/mol. The fraction of sp³-hybridized carbons (Fsp3) is 0.364. The van der Waals surface area contributed by atoms with Gasteiger partial charge in [0.2, 0.25) is 0 Å². The molecule has 1 atom stereocenters. The predicted molar refractivity (Wildman–Crippen MR) is 118 cm³/mol. The van der Waals surface area contributed by atoms with Gasteiger partial charge in [-0.05, 0) is 59.5 Å². The van der Waals surface area contributed by atoms with E-state index < -0.39 is 42.2 Å². The van der Waals surface area contributed by atoms with Gasteiger partial charge in [-0.1, -0.05) is 22.8 Å². The Balaban J connectivity index is 1.86. The molecule has 0 bridgehead atoms. The number of halogens is 7. The topological polar surface area (TPSA) is 90.2 Å². The predicted octanol–water partition coefficient (Wildman–Crippen LogP) is 4.59. The lowest BCUT2D eigenvalue weighted by molar-refractivity contribution is -0.246. The van der Waals surface area contributed by atoms with Gasteiger partial charge in [-0.2, -0.15) is 31.1 Å². The van der Waals surface area contributed by atoms with E-state index in [4.69, 9.17) is 11.6 Å². The largest absolute Gasteiger partial charge is 0.530 e. The van der Waals surface area contributed by atoms with Gasteiger partial charge in [0.15, 0.2) is 0 Å². The van der Waals surface area contributed by atoms with Crippen molar-refractivity contribution in [2.24, 2.45) is 7.05 Å². The van der Waals surface area contributed by atoms with Gasteiger partial charge in [-0.3, -0.25) is 0 Å². The zero-order valence-electron chi connectivity index (χ0n) is 19.0. The lowest BCUT2D eigenvalue weighted by Crippen LogP contribution is -2.42. The van der Waals surface area contributed by atoms with Crippen LogP contribution >= 0.6 is 11.6 Å². The summed E-state index contributed by atoms with van der Waals surface area (Å²) in [6.07, 6.45) is -11.0. The monoisotopic (exact) mass is 547 g/mol.